The molecule has 3 aromatic heterocycles. The summed E-state index contributed by atoms with van der Waals surface area (Å²) in [7, 11) is 0. The summed E-state index contributed by atoms with van der Waals surface area (Å²) in [5.41, 5.74) is 4.56. The van der Waals surface area contributed by atoms with Gasteiger partial charge in [-0.1, -0.05) is 48.5 Å². The molecule has 1 N–H and O–H groups in total. The summed E-state index contributed by atoms with van der Waals surface area (Å²) in [5.74, 6) is 0.670. The molecule has 0 radical (unpaired) electrons. The first-order chi connectivity index (χ1) is 15.2. The van der Waals surface area contributed by atoms with E-state index in [4.69, 9.17) is 0 Å². The summed E-state index contributed by atoms with van der Waals surface area (Å²) in [4.78, 5) is 21.8. The number of nitrogens with zero attached hydrogens (tertiary/aromatic N) is 5. The molecule has 0 spiro atoms. The van der Waals surface area contributed by atoms with E-state index >= 15 is 0 Å². The number of carbonyl (C=O) groups is 1. The minimum atomic E-state index is -0.248. The van der Waals surface area contributed by atoms with Crippen LogP contribution >= 0.6 is 0 Å². The van der Waals surface area contributed by atoms with E-state index in [1.54, 1.807) is 23.1 Å². The molecule has 0 saturated carbocycles. The van der Waals surface area contributed by atoms with Crippen molar-refractivity contribution in [2.24, 2.45) is 0 Å². The molecule has 0 fully saturated rings. The minimum Gasteiger partial charge on any atom is -0.331 e. The van der Waals surface area contributed by atoms with Gasteiger partial charge >= 0.3 is 0 Å². The highest BCUT2D eigenvalue weighted by molar-refractivity contribution is 6.08. The number of anilines is 1. The van der Waals surface area contributed by atoms with Gasteiger partial charge in [0.25, 0.3) is 5.91 Å². The molecule has 0 bridgehead atoms. The van der Waals surface area contributed by atoms with E-state index < -0.39 is 0 Å². The van der Waals surface area contributed by atoms with Gasteiger partial charge in [0.2, 0.25) is 0 Å². The van der Waals surface area contributed by atoms with E-state index in [-0.39, 0.29) is 5.91 Å². The molecule has 3 heterocycles. The van der Waals surface area contributed by atoms with Gasteiger partial charge < -0.3 is 9.88 Å². The van der Waals surface area contributed by atoms with Crippen LogP contribution in [0.25, 0.3) is 16.9 Å². The highest BCUT2D eigenvalue weighted by Crippen LogP contribution is 2.22. The van der Waals surface area contributed by atoms with E-state index in [9.17, 15) is 4.79 Å². The maximum atomic E-state index is 13.1. The summed E-state index contributed by atoms with van der Waals surface area (Å²) >= 11 is 0. The first kappa shape index (κ1) is 18.7. The molecule has 5 aromatic rings. The standard InChI is InChI=1S/C24H20N6O/c1-17-25-13-14-29(17)16-19-9-5-6-10-21(19)28-24(31)20-15-27-30-22(11-12-26-23(20)30)18-7-3-2-4-8-18/h2-15H,16H2,1H3,(H,28,31). The molecule has 2 aromatic carbocycles. The molecule has 31 heavy (non-hydrogen) atoms. The van der Waals surface area contributed by atoms with Crippen LogP contribution in [0.4, 0.5) is 5.69 Å². The van der Waals surface area contributed by atoms with E-state index in [1.165, 1.54) is 0 Å². The summed E-state index contributed by atoms with van der Waals surface area (Å²) in [5, 5.41) is 7.46. The lowest BCUT2D eigenvalue weighted by atomic mass is 10.1. The highest BCUT2D eigenvalue weighted by atomic mass is 16.1. The molecular formula is C24H20N6O. The molecule has 0 aliphatic carbocycles. The zero-order valence-corrected chi connectivity index (χ0v) is 16.9. The van der Waals surface area contributed by atoms with E-state index in [1.807, 2.05) is 78.4 Å². The van der Waals surface area contributed by atoms with Crippen molar-refractivity contribution in [1.29, 1.82) is 0 Å². The Hall–Kier alpha value is -4.26. The topological polar surface area (TPSA) is 77.1 Å². The molecule has 0 atom stereocenters. The largest absolute Gasteiger partial charge is 0.331 e. The Labute approximate surface area is 179 Å². The van der Waals surface area contributed by atoms with Gasteiger partial charge in [0.1, 0.15) is 11.4 Å². The van der Waals surface area contributed by atoms with Crippen LogP contribution < -0.4 is 5.32 Å². The third-order valence-electron chi connectivity index (χ3n) is 5.25. The Morgan fingerprint density at radius 3 is 2.58 bits per heavy atom. The van der Waals surface area contributed by atoms with Crippen molar-refractivity contribution >= 4 is 17.2 Å². The summed E-state index contributed by atoms with van der Waals surface area (Å²) in [6.45, 7) is 2.57. The average molecular weight is 408 g/mol. The number of aromatic nitrogens is 5. The van der Waals surface area contributed by atoms with Crippen molar-refractivity contribution in [2.75, 3.05) is 5.32 Å². The third kappa shape index (κ3) is 3.57. The SMILES string of the molecule is Cc1nccn1Cc1ccccc1NC(=O)c1cnn2c(-c3ccccc3)ccnc12. The number of nitrogens with one attached hydrogen (secondary N) is 1. The van der Waals surface area contributed by atoms with E-state index in [0.29, 0.717) is 17.8 Å². The van der Waals surface area contributed by atoms with Crippen molar-refractivity contribution in [3.63, 3.8) is 0 Å². The van der Waals surface area contributed by atoms with Crippen molar-refractivity contribution in [2.45, 2.75) is 13.5 Å². The van der Waals surface area contributed by atoms with Gasteiger partial charge in [0.15, 0.2) is 5.65 Å². The van der Waals surface area contributed by atoms with Crippen molar-refractivity contribution in [1.82, 2.24) is 24.1 Å². The number of para-hydroxylation sites is 1. The Balaban J connectivity index is 1.47. The van der Waals surface area contributed by atoms with E-state index in [0.717, 1.165) is 28.3 Å². The average Bonchev–Trinajstić information content (AvgIpc) is 3.42. The van der Waals surface area contributed by atoms with Crippen molar-refractivity contribution in [3.8, 4) is 11.3 Å². The Morgan fingerprint density at radius 1 is 0.968 bits per heavy atom. The Bertz CT molecular complexity index is 1370. The summed E-state index contributed by atoms with van der Waals surface area (Å²) < 4.78 is 3.74. The molecule has 0 unspecified atom stereocenters. The quantitative estimate of drug-likeness (QED) is 0.473. The van der Waals surface area contributed by atoms with Crippen LogP contribution in [-0.2, 0) is 6.54 Å². The molecule has 7 heteroatoms. The molecule has 0 aliphatic rings. The van der Waals surface area contributed by atoms with Crippen LogP contribution in [0.3, 0.4) is 0 Å². The van der Waals surface area contributed by atoms with Crippen LogP contribution in [0.1, 0.15) is 21.7 Å². The number of amides is 1. The zero-order chi connectivity index (χ0) is 21.2. The predicted octanol–water partition coefficient (Wildman–Crippen LogP) is 4.20. The predicted molar refractivity (Wildman–Crippen MR) is 119 cm³/mol. The molecule has 0 aliphatic heterocycles. The number of carbonyl (C=O) groups excluding carboxylic acids is 1. The number of benzene rings is 2. The number of hydrogen-bond acceptors (Lipinski definition) is 4. The van der Waals surface area contributed by atoms with E-state index in [2.05, 4.69) is 20.4 Å². The van der Waals surface area contributed by atoms with Crippen LogP contribution in [0.5, 0.6) is 0 Å². The molecular weight excluding hydrogens is 388 g/mol. The summed E-state index contributed by atoms with van der Waals surface area (Å²) in [6.07, 6.45) is 6.96. The van der Waals surface area contributed by atoms with Gasteiger partial charge in [0.05, 0.1) is 18.4 Å². The number of aryl methyl sites for hydroxylation is 1. The van der Waals surface area contributed by atoms with Crippen molar-refractivity contribution < 1.29 is 4.79 Å². The first-order valence-corrected chi connectivity index (χ1v) is 9.96. The molecule has 0 saturated heterocycles. The fraction of sp³-hybridized carbons (Fsp3) is 0.0833. The fourth-order valence-corrected chi connectivity index (χ4v) is 3.60. The molecule has 5 rings (SSSR count). The lowest BCUT2D eigenvalue weighted by Crippen LogP contribution is -2.14. The first-order valence-electron chi connectivity index (χ1n) is 9.96. The van der Waals surface area contributed by atoms with Gasteiger partial charge in [-0.3, -0.25) is 4.79 Å². The van der Waals surface area contributed by atoms with Gasteiger partial charge in [0, 0.05) is 29.8 Å². The zero-order valence-electron chi connectivity index (χ0n) is 16.9. The fourth-order valence-electron chi connectivity index (χ4n) is 3.60. The maximum Gasteiger partial charge on any atom is 0.261 e. The molecule has 1 amide bonds. The lowest BCUT2D eigenvalue weighted by molar-refractivity contribution is 0.102. The second kappa shape index (κ2) is 7.87. The second-order valence-corrected chi connectivity index (χ2v) is 7.20. The third-order valence-corrected chi connectivity index (χ3v) is 5.25. The highest BCUT2D eigenvalue weighted by Gasteiger charge is 2.17. The normalized spacial score (nSPS) is 11.0. The number of imidazole rings is 1. The maximum absolute atomic E-state index is 13.1. The molecule has 152 valence electrons. The number of fused-ring (bicyclic) bond motifs is 1. The Morgan fingerprint density at radius 2 is 1.77 bits per heavy atom. The Kier molecular flexibility index (Phi) is 4.76. The number of hydrogen-bond donors (Lipinski definition) is 1. The number of rotatable bonds is 5. The second-order valence-electron chi connectivity index (χ2n) is 7.20. The van der Waals surface area contributed by atoms with Gasteiger partial charge in [-0.15, -0.1) is 0 Å². The minimum absolute atomic E-state index is 0.248. The monoisotopic (exact) mass is 408 g/mol. The van der Waals surface area contributed by atoms with Crippen LogP contribution in [-0.4, -0.2) is 30.1 Å². The van der Waals surface area contributed by atoms with Crippen LogP contribution in [0.15, 0.2) is 85.5 Å². The lowest BCUT2D eigenvalue weighted by Gasteiger charge is -2.12. The van der Waals surface area contributed by atoms with Gasteiger partial charge in [-0.05, 0) is 24.6 Å². The smallest absolute Gasteiger partial charge is 0.261 e. The van der Waals surface area contributed by atoms with Gasteiger partial charge in [-0.2, -0.15) is 5.10 Å². The molecule has 7 nitrogen and oxygen atoms in total. The van der Waals surface area contributed by atoms with Crippen LogP contribution in [0.2, 0.25) is 0 Å². The van der Waals surface area contributed by atoms with Gasteiger partial charge in [-0.25, -0.2) is 14.5 Å². The van der Waals surface area contributed by atoms with Crippen LogP contribution in [0, 0.1) is 6.92 Å². The van der Waals surface area contributed by atoms with Crippen molar-refractivity contribution in [3.05, 3.63) is 102 Å². The summed E-state index contributed by atoms with van der Waals surface area (Å²) in [6, 6.07) is 19.6.